The molecule has 1 aromatic carbocycles. The van der Waals surface area contributed by atoms with Crippen molar-refractivity contribution in [1.29, 1.82) is 5.26 Å². The molecule has 0 unspecified atom stereocenters. The predicted octanol–water partition coefficient (Wildman–Crippen LogP) is 3.84. The van der Waals surface area contributed by atoms with Gasteiger partial charge in [0.15, 0.2) is 0 Å². The topological polar surface area (TPSA) is 163 Å². The van der Waals surface area contributed by atoms with Gasteiger partial charge in [-0.1, -0.05) is 6.07 Å². The highest BCUT2D eigenvalue weighted by atomic mass is 19.3. The zero-order valence-electron chi connectivity index (χ0n) is 26.5. The third-order valence-corrected chi connectivity index (χ3v) is 8.36. The lowest BCUT2D eigenvalue weighted by molar-refractivity contribution is -0.133. The largest absolute Gasteiger partial charge is 0.487 e. The molecule has 4 aromatic rings. The number of ether oxygens (including phenoxy) is 4. The Hall–Kier alpha value is -4.79. The van der Waals surface area contributed by atoms with Gasteiger partial charge in [0.1, 0.15) is 36.5 Å². The van der Waals surface area contributed by atoms with E-state index in [0.717, 1.165) is 57.6 Å². The molecule has 4 heterocycles. The fourth-order valence-electron chi connectivity index (χ4n) is 6.00. The Morgan fingerprint density at radius 1 is 1.06 bits per heavy atom. The molecule has 17 heteroatoms. The van der Waals surface area contributed by atoms with Crippen molar-refractivity contribution in [3.05, 3.63) is 48.7 Å². The lowest BCUT2D eigenvalue weighted by atomic mass is 9.90. The first kappa shape index (κ1) is 33.1. The van der Waals surface area contributed by atoms with Gasteiger partial charge in [0, 0.05) is 37.1 Å². The van der Waals surface area contributed by atoms with Crippen LogP contribution in [0.3, 0.4) is 0 Å². The lowest BCUT2D eigenvalue weighted by Gasteiger charge is -2.38. The van der Waals surface area contributed by atoms with E-state index < -0.39 is 6.61 Å². The summed E-state index contributed by atoms with van der Waals surface area (Å²) in [6.45, 7) is 2.49. The van der Waals surface area contributed by atoms with E-state index in [2.05, 4.69) is 51.6 Å². The fourth-order valence-corrected chi connectivity index (χ4v) is 6.00. The van der Waals surface area contributed by atoms with Crippen molar-refractivity contribution in [3.63, 3.8) is 0 Å². The van der Waals surface area contributed by atoms with E-state index in [0.29, 0.717) is 41.1 Å². The number of rotatable bonds is 14. The number of nitriles is 1. The number of hydrogen-bond acceptors (Lipinski definition) is 13. The van der Waals surface area contributed by atoms with Crippen LogP contribution in [-0.4, -0.2) is 103 Å². The quantitative estimate of drug-likeness (QED) is 0.194. The maximum atomic E-state index is 12.5. The number of aromatic nitrogens is 8. The average molecular weight is 666 g/mol. The Morgan fingerprint density at radius 2 is 1.83 bits per heavy atom. The SMILES string of the molecule is C[C@@H](Cn1cnnn1)Oc1cc(-c2cnc(Nc3cn([C@H]4CC[C@H](N5CCOCC5)CC4)nc3OCCOC(F)F)nc2)ccc1C#N. The molecule has 0 bridgehead atoms. The van der Waals surface area contributed by atoms with Crippen molar-refractivity contribution in [1.82, 2.24) is 44.9 Å². The van der Waals surface area contributed by atoms with Crippen molar-refractivity contribution in [2.45, 2.75) is 64.0 Å². The Morgan fingerprint density at radius 3 is 2.54 bits per heavy atom. The molecule has 0 spiro atoms. The van der Waals surface area contributed by atoms with Crippen molar-refractivity contribution in [2.24, 2.45) is 0 Å². The number of morpholine rings is 1. The minimum Gasteiger partial charge on any atom is -0.487 e. The Bertz CT molecular complexity index is 1640. The summed E-state index contributed by atoms with van der Waals surface area (Å²) in [4.78, 5) is 11.5. The van der Waals surface area contributed by atoms with Gasteiger partial charge in [0.2, 0.25) is 5.95 Å². The van der Waals surface area contributed by atoms with Gasteiger partial charge in [0.25, 0.3) is 5.88 Å². The number of tetrazole rings is 1. The molecule has 1 atom stereocenters. The molecule has 48 heavy (non-hydrogen) atoms. The minimum atomic E-state index is -2.88. The summed E-state index contributed by atoms with van der Waals surface area (Å²) in [5.41, 5.74) is 2.37. The van der Waals surface area contributed by atoms with Crippen LogP contribution in [0.25, 0.3) is 11.1 Å². The van der Waals surface area contributed by atoms with Crippen LogP contribution in [0, 0.1) is 11.3 Å². The lowest BCUT2D eigenvalue weighted by Crippen LogP contribution is -2.45. The van der Waals surface area contributed by atoms with Gasteiger partial charge in [-0.05, 0) is 60.7 Å². The number of nitrogens with zero attached hydrogens (tertiary/aromatic N) is 10. The molecule has 1 N–H and O–H groups in total. The van der Waals surface area contributed by atoms with E-state index in [1.807, 2.05) is 17.8 Å². The number of anilines is 2. The summed E-state index contributed by atoms with van der Waals surface area (Å²) in [6, 6.07) is 8.12. The first-order valence-corrected chi connectivity index (χ1v) is 15.9. The van der Waals surface area contributed by atoms with E-state index >= 15 is 0 Å². The van der Waals surface area contributed by atoms with Crippen LogP contribution in [0.1, 0.15) is 44.2 Å². The second kappa shape index (κ2) is 15.9. The van der Waals surface area contributed by atoms with Gasteiger partial charge in [-0.3, -0.25) is 9.58 Å². The van der Waals surface area contributed by atoms with Gasteiger partial charge in [-0.15, -0.1) is 10.2 Å². The molecule has 1 saturated heterocycles. The average Bonchev–Trinajstić information content (AvgIpc) is 3.77. The Labute approximate surface area is 275 Å². The molecule has 1 saturated carbocycles. The standard InChI is InChI=1S/C31H37F2N11O4/c1-21(18-43-20-37-40-41-43)48-28-14-22(2-3-23(28)15-34)24-16-35-31(36-17-24)38-27-19-44(39-29(27)46-12-13-47-30(32)33)26-6-4-25(5-7-26)42-8-10-45-11-9-42/h2-3,14,16-17,19-21,25-26,30H,4-13,18H2,1H3,(H,35,36,38)/t21-,25-,26-/m0/s1. The fraction of sp³-hybridized carbons (Fsp3) is 0.516. The third-order valence-electron chi connectivity index (χ3n) is 8.36. The van der Waals surface area contributed by atoms with E-state index in [1.165, 1.54) is 6.33 Å². The monoisotopic (exact) mass is 665 g/mol. The van der Waals surface area contributed by atoms with Gasteiger partial charge in [-0.2, -0.15) is 14.0 Å². The first-order valence-electron chi connectivity index (χ1n) is 15.9. The molecule has 2 aliphatic rings. The predicted molar refractivity (Wildman–Crippen MR) is 167 cm³/mol. The Kier molecular flexibility index (Phi) is 11.0. The minimum absolute atomic E-state index is 0.100. The number of hydrogen-bond donors (Lipinski definition) is 1. The first-order chi connectivity index (χ1) is 23.4. The molecule has 2 fully saturated rings. The van der Waals surface area contributed by atoms with Crippen molar-refractivity contribution < 1.29 is 27.7 Å². The maximum absolute atomic E-state index is 12.5. The number of halogens is 2. The molecule has 0 radical (unpaired) electrons. The second-order valence-corrected chi connectivity index (χ2v) is 11.6. The second-order valence-electron chi connectivity index (χ2n) is 11.6. The summed E-state index contributed by atoms with van der Waals surface area (Å²) in [5.74, 6) is 0.963. The summed E-state index contributed by atoms with van der Waals surface area (Å²) >= 11 is 0. The molecule has 15 nitrogen and oxygen atoms in total. The highest BCUT2D eigenvalue weighted by molar-refractivity contribution is 5.67. The summed E-state index contributed by atoms with van der Waals surface area (Å²) < 4.78 is 50.1. The molecule has 1 aliphatic heterocycles. The molecule has 0 amide bonds. The molecule has 1 aliphatic carbocycles. The van der Waals surface area contributed by atoms with Crippen LogP contribution >= 0.6 is 0 Å². The molecular formula is C31H37F2N11O4. The number of benzene rings is 1. The molecule has 6 rings (SSSR count). The van der Waals surface area contributed by atoms with Crippen LogP contribution in [0.15, 0.2) is 43.1 Å². The smallest absolute Gasteiger partial charge is 0.345 e. The van der Waals surface area contributed by atoms with Crippen LogP contribution in [-0.2, 0) is 16.0 Å². The maximum Gasteiger partial charge on any atom is 0.345 e. The summed E-state index contributed by atoms with van der Waals surface area (Å²) in [7, 11) is 0. The van der Waals surface area contributed by atoms with E-state index in [9.17, 15) is 14.0 Å². The Balaban J connectivity index is 1.13. The van der Waals surface area contributed by atoms with E-state index in [-0.39, 0.29) is 31.2 Å². The normalized spacial score (nSPS) is 19.1. The summed E-state index contributed by atoms with van der Waals surface area (Å²) in [6.07, 6.45) is 10.4. The highest BCUT2D eigenvalue weighted by Crippen LogP contribution is 2.35. The van der Waals surface area contributed by atoms with Gasteiger partial charge in [0.05, 0.1) is 44.2 Å². The molecule has 254 valence electrons. The zero-order valence-corrected chi connectivity index (χ0v) is 26.5. The van der Waals surface area contributed by atoms with Gasteiger partial charge < -0.3 is 24.3 Å². The van der Waals surface area contributed by atoms with E-state index in [4.69, 9.17) is 14.2 Å². The van der Waals surface area contributed by atoms with Crippen LogP contribution in [0.2, 0.25) is 0 Å². The molecule has 3 aromatic heterocycles. The molecular weight excluding hydrogens is 628 g/mol. The van der Waals surface area contributed by atoms with Crippen LogP contribution in [0.5, 0.6) is 11.6 Å². The number of nitrogens with one attached hydrogen (secondary N) is 1. The van der Waals surface area contributed by atoms with E-state index in [1.54, 1.807) is 35.3 Å². The van der Waals surface area contributed by atoms with Crippen molar-refractivity contribution in [2.75, 3.05) is 44.8 Å². The van der Waals surface area contributed by atoms with Gasteiger partial charge >= 0.3 is 6.61 Å². The number of alkyl halides is 2. The van der Waals surface area contributed by atoms with Crippen molar-refractivity contribution >= 4 is 11.6 Å². The van der Waals surface area contributed by atoms with Gasteiger partial charge in [-0.25, -0.2) is 14.6 Å². The highest BCUT2D eigenvalue weighted by Gasteiger charge is 2.29. The van der Waals surface area contributed by atoms with Crippen LogP contribution in [0.4, 0.5) is 20.4 Å². The zero-order chi connectivity index (χ0) is 33.3. The third kappa shape index (κ3) is 8.56. The van der Waals surface area contributed by atoms with Crippen molar-refractivity contribution in [3.8, 4) is 28.8 Å². The van der Waals surface area contributed by atoms with Crippen LogP contribution < -0.4 is 14.8 Å². The summed E-state index contributed by atoms with van der Waals surface area (Å²) in [5, 5.41) is 28.6.